The number of allylic oxidation sites excluding steroid dienone is 4. The van der Waals surface area contributed by atoms with E-state index in [4.69, 9.17) is 0 Å². The van der Waals surface area contributed by atoms with Crippen LogP contribution in [-0.2, 0) is 0 Å². The van der Waals surface area contributed by atoms with E-state index in [1.54, 1.807) is 6.08 Å². The maximum atomic E-state index is 15.1. The van der Waals surface area contributed by atoms with Gasteiger partial charge < -0.3 is 0 Å². The monoisotopic (exact) mass is 412 g/mol. The maximum absolute atomic E-state index is 15.1. The second-order valence-corrected chi connectivity index (χ2v) is 8.62. The minimum atomic E-state index is -1.09. The molecule has 0 amide bonds. The van der Waals surface area contributed by atoms with E-state index >= 15 is 8.78 Å². The van der Waals surface area contributed by atoms with Crippen LogP contribution < -0.4 is 0 Å². The molecule has 0 atom stereocenters. The standard InChI is InChI=1S/C26H24F4/c1-17-3-6-19(7-4-17)9-11-25-13-15-26(16-14-25,24(30)23(25)29)12-10-20-8-5-18(2)21(27)22(20)28/h3-12H,13-16H2,1-2H3/b11-9+,12-10+. The van der Waals surface area contributed by atoms with Gasteiger partial charge in [0.05, 0.1) is 0 Å². The fraction of sp³-hybridized carbons (Fsp3) is 0.308. The average molecular weight is 412 g/mol. The summed E-state index contributed by atoms with van der Waals surface area (Å²) in [6.45, 7) is 3.48. The van der Waals surface area contributed by atoms with Gasteiger partial charge in [-0.3, -0.25) is 0 Å². The lowest BCUT2D eigenvalue weighted by molar-refractivity contribution is 0.108. The molecule has 0 spiro atoms. The quantitative estimate of drug-likeness (QED) is 0.446. The summed E-state index contributed by atoms with van der Waals surface area (Å²) in [5.41, 5.74) is 0.327. The zero-order chi connectivity index (χ0) is 21.5. The van der Waals surface area contributed by atoms with Crippen molar-refractivity contribution >= 4 is 12.2 Å². The highest BCUT2D eigenvalue weighted by atomic mass is 19.2. The molecule has 2 bridgehead atoms. The zero-order valence-electron chi connectivity index (χ0n) is 17.1. The summed E-state index contributed by atoms with van der Waals surface area (Å²) in [6, 6.07) is 10.8. The van der Waals surface area contributed by atoms with Crippen LogP contribution in [0.1, 0.15) is 47.9 Å². The number of aryl methyl sites for hydroxylation is 2. The molecule has 2 aromatic carbocycles. The SMILES string of the molecule is Cc1ccc(/C=C/C23CCC(/C=C/c4ccc(C)c(F)c4F)(CC2)C(F)=C3F)cc1. The molecule has 1 saturated carbocycles. The maximum Gasteiger partial charge on any atom is 0.166 e. The van der Waals surface area contributed by atoms with Gasteiger partial charge in [0.15, 0.2) is 11.6 Å². The van der Waals surface area contributed by atoms with E-state index in [9.17, 15) is 8.78 Å². The summed E-state index contributed by atoms with van der Waals surface area (Å²) >= 11 is 0. The van der Waals surface area contributed by atoms with Gasteiger partial charge in [-0.05, 0) is 50.7 Å². The molecule has 0 N–H and O–H groups in total. The van der Waals surface area contributed by atoms with Crippen molar-refractivity contribution in [2.45, 2.75) is 39.5 Å². The molecule has 156 valence electrons. The van der Waals surface area contributed by atoms with Crippen molar-refractivity contribution in [2.24, 2.45) is 10.8 Å². The average Bonchev–Trinajstić information content (AvgIpc) is 2.76. The predicted molar refractivity (Wildman–Crippen MR) is 113 cm³/mol. The highest BCUT2D eigenvalue weighted by molar-refractivity contribution is 5.56. The van der Waals surface area contributed by atoms with Gasteiger partial charge in [0, 0.05) is 16.4 Å². The molecule has 0 unspecified atom stereocenters. The van der Waals surface area contributed by atoms with E-state index in [1.165, 1.54) is 31.2 Å². The van der Waals surface area contributed by atoms with E-state index < -0.39 is 34.1 Å². The lowest BCUT2D eigenvalue weighted by Gasteiger charge is -2.48. The van der Waals surface area contributed by atoms with Crippen molar-refractivity contribution in [3.8, 4) is 0 Å². The first-order valence-corrected chi connectivity index (χ1v) is 10.2. The van der Waals surface area contributed by atoms with Gasteiger partial charge in [-0.25, -0.2) is 17.6 Å². The molecule has 4 heteroatoms. The summed E-state index contributed by atoms with van der Waals surface area (Å²) in [7, 11) is 0. The van der Waals surface area contributed by atoms with Crippen LogP contribution in [0.15, 0.2) is 60.2 Å². The lowest BCUT2D eigenvalue weighted by Crippen LogP contribution is -2.40. The van der Waals surface area contributed by atoms with Crippen LogP contribution in [0.5, 0.6) is 0 Å². The number of hydrogen-bond acceptors (Lipinski definition) is 0. The van der Waals surface area contributed by atoms with Crippen LogP contribution in [-0.4, -0.2) is 0 Å². The molecular weight excluding hydrogens is 388 g/mol. The number of benzene rings is 2. The summed E-state index contributed by atoms with van der Waals surface area (Å²) in [5, 5.41) is 0. The normalized spacial score (nSPS) is 26.3. The molecule has 0 nitrogen and oxygen atoms in total. The van der Waals surface area contributed by atoms with Gasteiger partial charge in [-0.15, -0.1) is 0 Å². The van der Waals surface area contributed by atoms with Crippen LogP contribution in [0.4, 0.5) is 17.6 Å². The Morgan fingerprint density at radius 2 is 1.20 bits per heavy atom. The number of rotatable bonds is 4. The highest BCUT2D eigenvalue weighted by Gasteiger charge is 2.53. The fourth-order valence-corrected chi connectivity index (χ4v) is 4.47. The molecule has 3 aliphatic carbocycles. The predicted octanol–water partition coefficient (Wildman–Crippen LogP) is 8.02. The van der Waals surface area contributed by atoms with Crippen molar-refractivity contribution < 1.29 is 17.6 Å². The van der Waals surface area contributed by atoms with Crippen LogP contribution >= 0.6 is 0 Å². The minimum absolute atomic E-state index is 0.0439. The Bertz CT molecular complexity index is 1050. The van der Waals surface area contributed by atoms with Crippen molar-refractivity contribution in [2.75, 3.05) is 0 Å². The Morgan fingerprint density at radius 1 is 0.667 bits per heavy atom. The minimum Gasteiger partial charge on any atom is -0.208 e. The second-order valence-electron chi connectivity index (χ2n) is 8.62. The molecule has 0 aliphatic heterocycles. The smallest absolute Gasteiger partial charge is 0.166 e. The third-order valence-corrected chi connectivity index (χ3v) is 6.66. The first-order chi connectivity index (χ1) is 14.3. The molecule has 5 rings (SSSR count). The number of fused-ring (bicyclic) bond motifs is 2. The van der Waals surface area contributed by atoms with E-state index in [1.807, 2.05) is 37.3 Å². The van der Waals surface area contributed by atoms with Crippen molar-refractivity contribution in [3.63, 3.8) is 0 Å². The van der Waals surface area contributed by atoms with E-state index in [0.29, 0.717) is 25.7 Å². The van der Waals surface area contributed by atoms with Gasteiger partial charge in [0.25, 0.3) is 0 Å². The topological polar surface area (TPSA) is 0 Å². The van der Waals surface area contributed by atoms with E-state index in [-0.39, 0.29) is 11.1 Å². The highest BCUT2D eigenvalue weighted by Crippen LogP contribution is 2.62. The van der Waals surface area contributed by atoms with Gasteiger partial charge >= 0.3 is 0 Å². The summed E-state index contributed by atoms with van der Waals surface area (Å²) in [4.78, 5) is 0. The Kier molecular flexibility index (Phi) is 5.21. The molecule has 2 aromatic rings. The molecule has 3 aliphatic rings. The molecular formula is C26H24F4. The van der Waals surface area contributed by atoms with Crippen molar-refractivity contribution in [1.29, 1.82) is 0 Å². The number of halogens is 4. The fourth-order valence-electron chi connectivity index (χ4n) is 4.47. The Morgan fingerprint density at radius 3 is 1.77 bits per heavy atom. The number of hydrogen-bond donors (Lipinski definition) is 0. The Balaban J connectivity index is 1.63. The summed E-state index contributed by atoms with van der Waals surface area (Å²) < 4.78 is 58.3. The molecule has 0 saturated heterocycles. The third-order valence-electron chi connectivity index (χ3n) is 6.66. The Hall–Kier alpha value is -2.62. The van der Waals surface area contributed by atoms with Gasteiger partial charge in [-0.2, -0.15) is 0 Å². The van der Waals surface area contributed by atoms with Crippen LogP contribution in [0, 0.1) is 36.3 Å². The lowest BCUT2D eigenvalue weighted by atomic mass is 9.56. The second kappa shape index (κ2) is 7.57. The zero-order valence-corrected chi connectivity index (χ0v) is 17.1. The molecule has 1 fully saturated rings. The van der Waals surface area contributed by atoms with E-state index in [0.717, 1.165) is 11.1 Å². The molecule has 0 heterocycles. The van der Waals surface area contributed by atoms with Crippen LogP contribution in [0.2, 0.25) is 0 Å². The van der Waals surface area contributed by atoms with E-state index in [2.05, 4.69) is 0 Å². The summed E-state index contributed by atoms with van der Waals surface area (Å²) in [6.07, 6.45) is 8.34. The molecule has 30 heavy (non-hydrogen) atoms. The Labute approximate surface area is 174 Å². The van der Waals surface area contributed by atoms with Gasteiger partial charge in [-0.1, -0.05) is 66.3 Å². The van der Waals surface area contributed by atoms with Crippen LogP contribution in [0.3, 0.4) is 0 Å². The third kappa shape index (κ3) is 3.42. The molecule has 0 aromatic heterocycles. The van der Waals surface area contributed by atoms with Crippen LogP contribution in [0.25, 0.3) is 12.2 Å². The largest absolute Gasteiger partial charge is 0.208 e. The van der Waals surface area contributed by atoms with Gasteiger partial charge in [0.2, 0.25) is 0 Å². The first kappa shape index (κ1) is 20.6. The first-order valence-electron chi connectivity index (χ1n) is 10.2. The van der Waals surface area contributed by atoms with Gasteiger partial charge in [0.1, 0.15) is 11.7 Å². The van der Waals surface area contributed by atoms with Crippen molar-refractivity contribution in [1.82, 2.24) is 0 Å². The summed E-state index contributed by atoms with van der Waals surface area (Å²) in [5.74, 6) is -3.39. The molecule has 0 radical (unpaired) electrons. The van der Waals surface area contributed by atoms with Crippen molar-refractivity contribution in [3.05, 3.63) is 94.1 Å².